The van der Waals surface area contributed by atoms with Crippen LogP contribution in [0.25, 0.3) is 0 Å². The fourth-order valence-electron chi connectivity index (χ4n) is 2.97. The first-order valence-electron chi connectivity index (χ1n) is 6.71. The van der Waals surface area contributed by atoms with Crippen LogP contribution in [0.1, 0.15) is 31.2 Å². The number of benzene rings is 1. The number of hydrogen-bond donors (Lipinski definition) is 0. The maximum absolute atomic E-state index is 10.9. The number of methoxy groups -OCH3 is 3. The topological polar surface area (TPSA) is 57.1 Å². The lowest BCUT2D eigenvalue weighted by Gasteiger charge is -2.27. The second-order valence-electron chi connectivity index (χ2n) is 4.95. The van der Waals surface area contributed by atoms with E-state index in [0.29, 0.717) is 22.3 Å². The Kier molecular flexibility index (Phi) is 4.76. The molecule has 0 atom stereocenters. The third-order valence-electron chi connectivity index (χ3n) is 3.96. The molecule has 1 aliphatic carbocycles. The number of hydrogen-bond acceptors (Lipinski definition) is 5. The summed E-state index contributed by atoms with van der Waals surface area (Å²) in [6, 6.07) is 1.79. The summed E-state index contributed by atoms with van der Waals surface area (Å²) < 4.78 is 16.1. The monoisotopic (exact) mass is 311 g/mol. The van der Waals surface area contributed by atoms with Crippen molar-refractivity contribution in [3.63, 3.8) is 0 Å². The maximum Gasteiger partial charge on any atom is 0.235 e. The molecule has 0 amide bonds. The van der Waals surface area contributed by atoms with Crippen molar-refractivity contribution in [3.05, 3.63) is 16.7 Å². The molecule has 0 saturated heterocycles. The average Bonchev–Trinajstić information content (AvgIpc) is 2.96. The summed E-state index contributed by atoms with van der Waals surface area (Å²) in [5.74, 6) is 1.36. The molecule has 1 aliphatic rings. The van der Waals surface area contributed by atoms with Crippen LogP contribution in [0.4, 0.5) is 0 Å². The van der Waals surface area contributed by atoms with Gasteiger partial charge in [-0.15, -0.1) is 0 Å². The smallest absolute Gasteiger partial charge is 0.235 e. The third kappa shape index (κ3) is 2.59. The molecule has 0 unspecified atom stereocenters. The quantitative estimate of drug-likeness (QED) is 0.617. The average molecular weight is 312 g/mol. The lowest BCUT2D eigenvalue weighted by atomic mass is 9.87. The first-order chi connectivity index (χ1) is 10.1. The molecule has 0 spiro atoms. The van der Waals surface area contributed by atoms with Gasteiger partial charge in [0, 0.05) is 5.56 Å². The van der Waals surface area contributed by atoms with E-state index in [9.17, 15) is 4.79 Å². The molecule has 1 fully saturated rings. The van der Waals surface area contributed by atoms with E-state index in [2.05, 4.69) is 4.99 Å². The van der Waals surface area contributed by atoms with Crippen LogP contribution in [0.3, 0.4) is 0 Å². The van der Waals surface area contributed by atoms with Crippen LogP contribution in [-0.2, 0) is 10.3 Å². The van der Waals surface area contributed by atoms with Crippen molar-refractivity contribution >= 4 is 17.7 Å². The van der Waals surface area contributed by atoms with Gasteiger partial charge in [0.25, 0.3) is 0 Å². The van der Waals surface area contributed by atoms with E-state index in [-0.39, 0.29) is 0 Å². The van der Waals surface area contributed by atoms with Crippen LogP contribution in [0.15, 0.2) is 11.1 Å². The molecule has 21 heavy (non-hydrogen) atoms. The minimum absolute atomic E-state index is 0.321. The van der Waals surface area contributed by atoms with Gasteiger partial charge in [-0.2, -0.15) is 4.99 Å². The van der Waals surface area contributed by atoms with Crippen molar-refractivity contribution in [2.45, 2.75) is 31.2 Å². The Bertz CT molecular complexity index is 576. The lowest BCUT2D eigenvalue weighted by molar-refractivity contribution is 0.340. The number of aliphatic imine (C=N–C) groups is 1. The van der Waals surface area contributed by atoms with Crippen LogP contribution in [0, 0.1) is 0 Å². The van der Waals surface area contributed by atoms with Crippen molar-refractivity contribution < 1.29 is 19.0 Å². The normalized spacial score (nSPS) is 16.2. The van der Waals surface area contributed by atoms with E-state index in [1.54, 1.807) is 12.1 Å². The first kappa shape index (κ1) is 15.7. The largest absolute Gasteiger partial charge is 0.495 e. The molecule has 1 saturated carbocycles. The Hall–Kier alpha value is -1.71. The number of carbonyl (C=O) groups excluding carboxylic acids is 1. The Balaban J connectivity index is 2.72. The first-order valence-corrected chi connectivity index (χ1v) is 7.09. The van der Waals surface area contributed by atoms with E-state index in [0.717, 1.165) is 31.2 Å². The van der Waals surface area contributed by atoms with Crippen molar-refractivity contribution in [2.24, 2.45) is 4.99 Å². The lowest BCUT2D eigenvalue weighted by Crippen LogP contribution is -2.20. The maximum atomic E-state index is 10.9. The van der Waals surface area contributed by atoms with Gasteiger partial charge in [0.05, 0.1) is 21.3 Å². The number of rotatable bonds is 5. The van der Waals surface area contributed by atoms with Crippen LogP contribution in [-0.4, -0.2) is 27.4 Å². The molecule has 0 radical (unpaired) electrons. The predicted octanol–water partition coefficient (Wildman–Crippen LogP) is 3.47. The number of nitrogens with zero attached hydrogens (tertiary/aromatic N) is 1. The SMILES string of the molecule is COc1cc(C2(N=C=O)CCCC2)c(OC)c(Cl)c1OC. The van der Waals surface area contributed by atoms with Crippen molar-refractivity contribution in [2.75, 3.05) is 21.3 Å². The molecular weight excluding hydrogens is 294 g/mol. The summed E-state index contributed by atoms with van der Waals surface area (Å²) >= 11 is 6.37. The van der Waals surface area contributed by atoms with Crippen LogP contribution in [0.5, 0.6) is 17.2 Å². The molecule has 0 heterocycles. The molecule has 0 aliphatic heterocycles. The zero-order chi connectivity index (χ0) is 15.5. The van der Waals surface area contributed by atoms with Crippen molar-refractivity contribution in [1.82, 2.24) is 0 Å². The molecule has 114 valence electrons. The summed E-state index contributed by atoms with van der Waals surface area (Å²) in [6.45, 7) is 0. The van der Waals surface area contributed by atoms with E-state index >= 15 is 0 Å². The number of halogens is 1. The summed E-state index contributed by atoms with van der Waals surface area (Å²) in [6.07, 6.45) is 5.17. The van der Waals surface area contributed by atoms with Gasteiger partial charge in [-0.1, -0.05) is 24.4 Å². The predicted molar refractivity (Wildman–Crippen MR) is 79.4 cm³/mol. The van der Waals surface area contributed by atoms with Gasteiger partial charge < -0.3 is 14.2 Å². The zero-order valence-electron chi connectivity index (χ0n) is 12.4. The summed E-state index contributed by atoms with van der Waals surface area (Å²) in [5.41, 5.74) is 0.101. The Morgan fingerprint density at radius 2 is 1.76 bits per heavy atom. The molecule has 5 nitrogen and oxygen atoms in total. The fourth-order valence-corrected chi connectivity index (χ4v) is 3.32. The molecule has 0 bridgehead atoms. The van der Waals surface area contributed by atoms with Gasteiger partial charge in [0.1, 0.15) is 16.3 Å². The van der Waals surface area contributed by atoms with Crippen LogP contribution < -0.4 is 14.2 Å². The van der Waals surface area contributed by atoms with Crippen molar-refractivity contribution in [1.29, 1.82) is 0 Å². The van der Waals surface area contributed by atoms with Gasteiger partial charge in [-0.05, 0) is 18.9 Å². The second-order valence-corrected chi connectivity index (χ2v) is 5.33. The summed E-state index contributed by atoms with van der Waals surface area (Å²) in [7, 11) is 4.58. The van der Waals surface area contributed by atoms with E-state index in [1.165, 1.54) is 21.3 Å². The highest BCUT2D eigenvalue weighted by Crippen LogP contribution is 2.52. The molecule has 2 rings (SSSR count). The number of ether oxygens (including phenoxy) is 3. The van der Waals surface area contributed by atoms with Crippen LogP contribution >= 0.6 is 11.6 Å². The fraction of sp³-hybridized carbons (Fsp3) is 0.533. The van der Waals surface area contributed by atoms with Gasteiger partial charge in [0.15, 0.2) is 11.5 Å². The van der Waals surface area contributed by atoms with Crippen LogP contribution in [0.2, 0.25) is 5.02 Å². The van der Waals surface area contributed by atoms with E-state index in [1.807, 2.05) is 0 Å². The molecular formula is C15H18ClNO4. The highest BCUT2D eigenvalue weighted by Gasteiger charge is 2.40. The Morgan fingerprint density at radius 1 is 1.14 bits per heavy atom. The zero-order valence-corrected chi connectivity index (χ0v) is 13.1. The molecule has 1 aromatic rings. The standard InChI is InChI=1S/C15H18ClNO4/c1-19-11-8-10(13(20-2)12(16)14(11)21-3)15(17-9-18)6-4-5-7-15/h8H,4-7H2,1-3H3. The second kappa shape index (κ2) is 6.37. The summed E-state index contributed by atoms with van der Waals surface area (Å²) in [4.78, 5) is 14.9. The number of isocyanates is 1. The molecule has 6 heteroatoms. The van der Waals surface area contributed by atoms with E-state index < -0.39 is 5.54 Å². The van der Waals surface area contributed by atoms with Gasteiger partial charge in [0.2, 0.25) is 6.08 Å². The van der Waals surface area contributed by atoms with Crippen molar-refractivity contribution in [3.8, 4) is 17.2 Å². The molecule has 1 aromatic carbocycles. The highest BCUT2D eigenvalue weighted by atomic mass is 35.5. The highest BCUT2D eigenvalue weighted by molar-refractivity contribution is 6.34. The van der Waals surface area contributed by atoms with E-state index in [4.69, 9.17) is 25.8 Å². The minimum atomic E-state index is -0.643. The third-order valence-corrected chi connectivity index (χ3v) is 4.31. The van der Waals surface area contributed by atoms with Gasteiger partial charge in [-0.25, -0.2) is 4.79 Å². The Labute approximate surface area is 128 Å². The molecule has 0 aromatic heterocycles. The van der Waals surface area contributed by atoms with Gasteiger partial charge in [-0.3, -0.25) is 0 Å². The minimum Gasteiger partial charge on any atom is -0.495 e. The summed E-state index contributed by atoms with van der Waals surface area (Å²) in [5, 5.41) is 0.321. The Morgan fingerprint density at radius 3 is 2.24 bits per heavy atom. The molecule has 0 N–H and O–H groups in total. The van der Waals surface area contributed by atoms with Gasteiger partial charge >= 0.3 is 0 Å².